The highest BCUT2D eigenvalue weighted by Crippen LogP contribution is 2.41. The highest BCUT2D eigenvalue weighted by Gasteiger charge is 2.26. The van der Waals surface area contributed by atoms with Gasteiger partial charge in [-0.05, 0) is 37.0 Å². The number of aliphatic imine (C=N–C) groups is 1. The monoisotopic (exact) mass is 438 g/mol. The zero-order chi connectivity index (χ0) is 20.5. The average molecular weight is 439 g/mol. The van der Waals surface area contributed by atoms with Crippen LogP contribution < -0.4 is 15.0 Å². The lowest BCUT2D eigenvalue weighted by atomic mass is 9.85. The SMILES string of the molecule is COc1cc(Nc2nc3c(s2)CCC[C@H]3c2ccccc2)ccc1N1C=NC(Cl)C1. The molecular weight excluding hydrogens is 416 g/mol. The lowest BCUT2D eigenvalue weighted by molar-refractivity contribution is 0.416. The van der Waals surface area contributed by atoms with E-state index in [4.69, 9.17) is 21.3 Å². The zero-order valence-corrected chi connectivity index (χ0v) is 18.3. The molecular formula is C23H23ClN4OS. The number of methoxy groups -OCH3 is 1. The van der Waals surface area contributed by atoms with Gasteiger partial charge in [0.25, 0.3) is 0 Å². The number of hydrogen-bond donors (Lipinski definition) is 1. The summed E-state index contributed by atoms with van der Waals surface area (Å²) in [5, 5.41) is 4.42. The standard InChI is InChI=1S/C23H23ClN4OS/c1-29-19-12-16(10-11-18(19)28-13-21(24)25-14-28)26-23-27-22-17(8-5-9-20(22)30-23)15-6-3-2-4-7-15/h2-4,6-7,10-12,14,17,21H,5,8-9,13H2,1H3,(H,26,27)/t17-,21?/m0/s1. The van der Waals surface area contributed by atoms with Gasteiger partial charge < -0.3 is 15.0 Å². The Bertz CT molecular complexity index is 1070. The molecule has 2 aromatic carbocycles. The van der Waals surface area contributed by atoms with E-state index in [0.717, 1.165) is 35.1 Å². The van der Waals surface area contributed by atoms with E-state index in [1.165, 1.54) is 22.6 Å². The Hall–Kier alpha value is -2.57. The Balaban J connectivity index is 1.39. The summed E-state index contributed by atoms with van der Waals surface area (Å²) in [6.07, 6.45) is 5.23. The molecule has 1 N–H and O–H groups in total. The molecule has 0 amide bonds. The smallest absolute Gasteiger partial charge is 0.187 e. The van der Waals surface area contributed by atoms with Gasteiger partial charge in [0.1, 0.15) is 11.3 Å². The molecule has 154 valence electrons. The van der Waals surface area contributed by atoms with Gasteiger partial charge in [0.05, 0.1) is 31.4 Å². The maximum absolute atomic E-state index is 6.10. The first kappa shape index (κ1) is 19.4. The molecule has 2 heterocycles. The van der Waals surface area contributed by atoms with Crippen molar-refractivity contribution in [3.63, 3.8) is 0 Å². The van der Waals surface area contributed by atoms with Crippen molar-refractivity contribution in [3.8, 4) is 5.75 Å². The van der Waals surface area contributed by atoms with Crippen molar-refractivity contribution in [3.05, 3.63) is 64.7 Å². The summed E-state index contributed by atoms with van der Waals surface area (Å²) < 4.78 is 5.62. The van der Waals surface area contributed by atoms with Crippen LogP contribution in [0.15, 0.2) is 53.5 Å². The van der Waals surface area contributed by atoms with Crippen LogP contribution in [0.2, 0.25) is 0 Å². The second kappa shape index (κ2) is 8.28. The number of halogens is 1. The molecule has 1 aromatic heterocycles. The maximum atomic E-state index is 6.10. The topological polar surface area (TPSA) is 49.8 Å². The van der Waals surface area contributed by atoms with E-state index in [1.807, 2.05) is 23.1 Å². The summed E-state index contributed by atoms with van der Waals surface area (Å²) in [5.74, 6) is 1.16. The van der Waals surface area contributed by atoms with Crippen LogP contribution in [-0.2, 0) is 6.42 Å². The maximum Gasteiger partial charge on any atom is 0.187 e. The molecule has 0 spiro atoms. The molecule has 0 radical (unpaired) electrons. The van der Waals surface area contributed by atoms with Crippen LogP contribution in [0, 0.1) is 0 Å². The van der Waals surface area contributed by atoms with Crippen molar-refractivity contribution in [2.24, 2.45) is 4.99 Å². The van der Waals surface area contributed by atoms with E-state index in [9.17, 15) is 0 Å². The van der Waals surface area contributed by atoms with Gasteiger partial charge in [0.2, 0.25) is 0 Å². The lowest BCUT2D eigenvalue weighted by Crippen LogP contribution is -2.21. The van der Waals surface area contributed by atoms with E-state index in [-0.39, 0.29) is 5.50 Å². The molecule has 5 rings (SSSR count). The van der Waals surface area contributed by atoms with Crippen molar-refractivity contribution in [2.45, 2.75) is 30.7 Å². The Morgan fingerprint density at radius 2 is 2.07 bits per heavy atom. The molecule has 1 aliphatic heterocycles. The number of nitrogens with zero attached hydrogens (tertiary/aromatic N) is 3. The number of alkyl halides is 1. The van der Waals surface area contributed by atoms with E-state index in [2.05, 4.69) is 40.6 Å². The van der Waals surface area contributed by atoms with Crippen LogP contribution in [-0.4, -0.2) is 30.5 Å². The fourth-order valence-electron chi connectivity index (χ4n) is 4.17. The number of ether oxygens (including phenoxy) is 1. The molecule has 0 bridgehead atoms. The third-order valence-corrected chi connectivity index (χ3v) is 6.91. The Labute approximate surface area is 185 Å². The summed E-state index contributed by atoms with van der Waals surface area (Å²) in [5.41, 5.74) is 4.27. The minimum atomic E-state index is -0.216. The van der Waals surface area contributed by atoms with E-state index >= 15 is 0 Å². The van der Waals surface area contributed by atoms with Crippen molar-refractivity contribution in [1.82, 2.24) is 4.98 Å². The van der Waals surface area contributed by atoms with Crippen molar-refractivity contribution >= 4 is 45.8 Å². The van der Waals surface area contributed by atoms with E-state index < -0.39 is 0 Å². The number of fused-ring (bicyclic) bond motifs is 1. The number of nitrogens with one attached hydrogen (secondary N) is 1. The fraction of sp³-hybridized carbons (Fsp3) is 0.304. The first-order valence-electron chi connectivity index (χ1n) is 10.1. The second-order valence-corrected chi connectivity index (χ2v) is 9.13. The van der Waals surface area contributed by atoms with Crippen molar-refractivity contribution in [2.75, 3.05) is 23.9 Å². The van der Waals surface area contributed by atoms with Crippen LogP contribution in [0.5, 0.6) is 5.75 Å². The van der Waals surface area contributed by atoms with Gasteiger partial charge in [-0.25, -0.2) is 4.98 Å². The van der Waals surface area contributed by atoms with Gasteiger partial charge in [0, 0.05) is 22.5 Å². The van der Waals surface area contributed by atoms with Crippen LogP contribution in [0.1, 0.15) is 34.9 Å². The predicted octanol–water partition coefficient (Wildman–Crippen LogP) is 5.78. The summed E-state index contributed by atoms with van der Waals surface area (Å²) in [6.45, 7) is 0.644. The molecule has 1 unspecified atom stereocenters. The van der Waals surface area contributed by atoms with Crippen LogP contribution in [0.4, 0.5) is 16.5 Å². The normalized spacial score (nSPS) is 20.3. The first-order chi connectivity index (χ1) is 14.7. The summed E-state index contributed by atoms with van der Waals surface area (Å²) in [6, 6.07) is 16.8. The lowest BCUT2D eigenvalue weighted by Gasteiger charge is -2.21. The Morgan fingerprint density at radius 3 is 2.83 bits per heavy atom. The molecule has 7 heteroatoms. The highest BCUT2D eigenvalue weighted by molar-refractivity contribution is 7.15. The molecule has 2 atom stereocenters. The average Bonchev–Trinajstić information content (AvgIpc) is 3.39. The van der Waals surface area contributed by atoms with Gasteiger partial charge in [-0.15, -0.1) is 11.3 Å². The minimum absolute atomic E-state index is 0.216. The summed E-state index contributed by atoms with van der Waals surface area (Å²) in [7, 11) is 1.68. The number of aromatic nitrogens is 1. The highest BCUT2D eigenvalue weighted by atomic mass is 35.5. The molecule has 30 heavy (non-hydrogen) atoms. The van der Waals surface area contributed by atoms with Gasteiger partial charge in [-0.3, -0.25) is 4.99 Å². The number of anilines is 3. The molecule has 0 fully saturated rings. The Morgan fingerprint density at radius 1 is 1.20 bits per heavy atom. The molecule has 5 nitrogen and oxygen atoms in total. The number of hydrogen-bond acceptors (Lipinski definition) is 6. The molecule has 0 saturated heterocycles. The number of rotatable bonds is 5. The number of benzene rings is 2. The predicted molar refractivity (Wildman–Crippen MR) is 125 cm³/mol. The van der Waals surface area contributed by atoms with E-state index in [1.54, 1.807) is 24.8 Å². The summed E-state index contributed by atoms with van der Waals surface area (Å²) >= 11 is 7.86. The largest absolute Gasteiger partial charge is 0.494 e. The van der Waals surface area contributed by atoms with Gasteiger partial charge in [-0.2, -0.15) is 0 Å². The molecule has 1 aliphatic carbocycles. The minimum Gasteiger partial charge on any atom is -0.494 e. The number of thiazole rings is 1. The van der Waals surface area contributed by atoms with Gasteiger partial charge in [0.15, 0.2) is 5.13 Å². The van der Waals surface area contributed by atoms with Crippen LogP contribution >= 0.6 is 22.9 Å². The van der Waals surface area contributed by atoms with Crippen LogP contribution in [0.3, 0.4) is 0 Å². The molecule has 0 saturated carbocycles. The van der Waals surface area contributed by atoms with Gasteiger partial charge in [-0.1, -0.05) is 41.9 Å². The summed E-state index contributed by atoms with van der Waals surface area (Å²) in [4.78, 5) is 12.6. The molecule has 2 aliphatic rings. The number of aryl methyl sites for hydroxylation is 1. The van der Waals surface area contributed by atoms with E-state index in [0.29, 0.717) is 12.5 Å². The van der Waals surface area contributed by atoms with Crippen molar-refractivity contribution in [1.29, 1.82) is 0 Å². The Kier molecular flexibility index (Phi) is 5.35. The zero-order valence-electron chi connectivity index (χ0n) is 16.7. The van der Waals surface area contributed by atoms with Crippen LogP contribution in [0.25, 0.3) is 0 Å². The van der Waals surface area contributed by atoms with Crippen molar-refractivity contribution < 1.29 is 4.74 Å². The third kappa shape index (κ3) is 3.77. The third-order valence-electron chi connectivity index (χ3n) is 5.61. The second-order valence-electron chi connectivity index (χ2n) is 7.55. The fourth-order valence-corrected chi connectivity index (χ4v) is 5.45. The van der Waals surface area contributed by atoms with Gasteiger partial charge >= 0.3 is 0 Å². The quantitative estimate of drug-likeness (QED) is 0.405. The first-order valence-corrected chi connectivity index (χ1v) is 11.4. The molecule has 3 aromatic rings.